The quantitative estimate of drug-likeness (QED) is 0.564. The zero-order valence-electron chi connectivity index (χ0n) is 10.9. The molecule has 5 heteroatoms. The van der Waals surface area contributed by atoms with Crippen LogP contribution in [0.25, 0.3) is 0 Å². The molecule has 0 bridgehead atoms. The molecular formula is C13H19ClN2O2. The van der Waals surface area contributed by atoms with Gasteiger partial charge in [-0.15, -0.1) is 0 Å². The van der Waals surface area contributed by atoms with Crippen LogP contribution < -0.4 is 0 Å². The van der Waals surface area contributed by atoms with Gasteiger partial charge in [0.1, 0.15) is 5.15 Å². The SMILES string of the molecule is CCCN(CC(=O)OCC)Cc1cccnc1Cl. The van der Waals surface area contributed by atoms with E-state index in [-0.39, 0.29) is 12.5 Å². The first-order valence-corrected chi connectivity index (χ1v) is 6.52. The topological polar surface area (TPSA) is 42.4 Å². The fraction of sp³-hybridized carbons (Fsp3) is 0.538. The van der Waals surface area contributed by atoms with Gasteiger partial charge in [-0.2, -0.15) is 0 Å². The Labute approximate surface area is 113 Å². The number of hydrogen-bond acceptors (Lipinski definition) is 4. The van der Waals surface area contributed by atoms with Gasteiger partial charge in [-0.1, -0.05) is 24.6 Å². The lowest BCUT2D eigenvalue weighted by Crippen LogP contribution is -2.31. The molecule has 0 saturated carbocycles. The minimum absolute atomic E-state index is 0.203. The smallest absolute Gasteiger partial charge is 0.320 e. The normalized spacial score (nSPS) is 10.7. The highest BCUT2D eigenvalue weighted by molar-refractivity contribution is 6.30. The first-order valence-electron chi connectivity index (χ1n) is 6.14. The molecule has 0 aliphatic heterocycles. The van der Waals surface area contributed by atoms with Gasteiger partial charge in [-0.05, 0) is 26.0 Å². The molecule has 1 heterocycles. The molecule has 18 heavy (non-hydrogen) atoms. The van der Waals surface area contributed by atoms with E-state index in [0.29, 0.717) is 18.3 Å². The van der Waals surface area contributed by atoms with Crippen LogP contribution in [-0.2, 0) is 16.1 Å². The standard InChI is InChI=1S/C13H19ClN2O2/c1-3-8-16(10-12(17)18-4-2)9-11-6-5-7-15-13(11)14/h5-7H,3-4,8-10H2,1-2H3. The summed E-state index contributed by atoms with van der Waals surface area (Å²) in [5.74, 6) is -0.203. The Hall–Kier alpha value is -1.13. The van der Waals surface area contributed by atoms with Crippen LogP contribution in [0.15, 0.2) is 18.3 Å². The van der Waals surface area contributed by atoms with Crippen LogP contribution in [-0.4, -0.2) is 35.5 Å². The highest BCUT2D eigenvalue weighted by Crippen LogP contribution is 2.14. The number of carbonyl (C=O) groups excluding carboxylic acids is 1. The molecule has 0 unspecified atom stereocenters. The highest BCUT2D eigenvalue weighted by Gasteiger charge is 2.13. The molecule has 0 radical (unpaired) electrons. The molecule has 1 rings (SSSR count). The summed E-state index contributed by atoms with van der Waals surface area (Å²) in [5, 5.41) is 0.488. The molecule has 0 spiro atoms. The Kier molecular flexibility index (Phi) is 6.68. The Bertz CT molecular complexity index is 385. The largest absolute Gasteiger partial charge is 0.465 e. The van der Waals surface area contributed by atoms with E-state index in [9.17, 15) is 4.79 Å². The summed E-state index contributed by atoms with van der Waals surface area (Å²) in [7, 11) is 0. The van der Waals surface area contributed by atoms with E-state index in [0.717, 1.165) is 18.5 Å². The van der Waals surface area contributed by atoms with Crippen LogP contribution in [0.4, 0.5) is 0 Å². The maximum absolute atomic E-state index is 11.5. The summed E-state index contributed by atoms with van der Waals surface area (Å²) in [6.45, 7) is 6.01. The van der Waals surface area contributed by atoms with Crippen molar-refractivity contribution >= 4 is 17.6 Å². The summed E-state index contributed by atoms with van der Waals surface area (Å²) in [6.07, 6.45) is 2.62. The van der Waals surface area contributed by atoms with Crippen molar-refractivity contribution in [3.63, 3.8) is 0 Å². The van der Waals surface area contributed by atoms with Crippen LogP contribution in [0.3, 0.4) is 0 Å². The Morgan fingerprint density at radius 1 is 1.50 bits per heavy atom. The van der Waals surface area contributed by atoms with Crippen LogP contribution in [0.2, 0.25) is 5.15 Å². The number of carbonyl (C=O) groups is 1. The lowest BCUT2D eigenvalue weighted by atomic mass is 10.2. The number of halogens is 1. The van der Waals surface area contributed by atoms with Gasteiger partial charge in [0.05, 0.1) is 13.2 Å². The summed E-state index contributed by atoms with van der Waals surface area (Å²) in [5.41, 5.74) is 0.928. The van der Waals surface area contributed by atoms with Crippen molar-refractivity contribution in [3.05, 3.63) is 29.0 Å². The van der Waals surface area contributed by atoms with Crippen LogP contribution in [0.5, 0.6) is 0 Å². The molecule has 0 aliphatic rings. The van der Waals surface area contributed by atoms with Gasteiger partial charge >= 0.3 is 5.97 Å². The first kappa shape index (κ1) is 14.9. The van der Waals surface area contributed by atoms with Crippen LogP contribution >= 0.6 is 11.6 Å². The number of esters is 1. The van der Waals surface area contributed by atoms with Crippen molar-refractivity contribution in [1.82, 2.24) is 9.88 Å². The molecule has 1 aromatic rings. The zero-order valence-corrected chi connectivity index (χ0v) is 11.6. The van der Waals surface area contributed by atoms with Gasteiger partial charge in [0.2, 0.25) is 0 Å². The number of ether oxygens (including phenoxy) is 1. The monoisotopic (exact) mass is 270 g/mol. The average Bonchev–Trinajstić information content (AvgIpc) is 2.32. The Morgan fingerprint density at radius 3 is 2.89 bits per heavy atom. The molecule has 1 aromatic heterocycles. The van der Waals surface area contributed by atoms with E-state index in [4.69, 9.17) is 16.3 Å². The molecule has 0 aromatic carbocycles. The maximum Gasteiger partial charge on any atom is 0.320 e. The van der Waals surface area contributed by atoms with E-state index in [1.165, 1.54) is 0 Å². The third-order valence-electron chi connectivity index (χ3n) is 2.43. The number of hydrogen-bond donors (Lipinski definition) is 0. The van der Waals surface area contributed by atoms with Crippen molar-refractivity contribution in [2.45, 2.75) is 26.8 Å². The van der Waals surface area contributed by atoms with Crippen molar-refractivity contribution in [2.24, 2.45) is 0 Å². The second kappa shape index (κ2) is 8.06. The van der Waals surface area contributed by atoms with Crippen molar-refractivity contribution in [2.75, 3.05) is 19.7 Å². The summed E-state index contributed by atoms with van der Waals surface area (Å²) < 4.78 is 4.96. The van der Waals surface area contributed by atoms with Gasteiger partial charge in [-0.3, -0.25) is 9.69 Å². The highest BCUT2D eigenvalue weighted by atomic mass is 35.5. The predicted molar refractivity (Wildman–Crippen MR) is 71.4 cm³/mol. The van der Waals surface area contributed by atoms with E-state index in [2.05, 4.69) is 11.9 Å². The van der Waals surface area contributed by atoms with E-state index in [1.807, 2.05) is 17.0 Å². The lowest BCUT2D eigenvalue weighted by Gasteiger charge is -2.20. The third kappa shape index (κ3) is 5.02. The fourth-order valence-corrected chi connectivity index (χ4v) is 1.88. The van der Waals surface area contributed by atoms with E-state index < -0.39 is 0 Å². The van der Waals surface area contributed by atoms with Crippen molar-refractivity contribution in [1.29, 1.82) is 0 Å². The van der Waals surface area contributed by atoms with E-state index in [1.54, 1.807) is 13.1 Å². The minimum Gasteiger partial charge on any atom is -0.465 e. The van der Waals surface area contributed by atoms with Crippen LogP contribution in [0.1, 0.15) is 25.8 Å². The Morgan fingerprint density at radius 2 is 2.28 bits per heavy atom. The van der Waals surface area contributed by atoms with Crippen molar-refractivity contribution < 1.29 is 9.53 Å². The van der Waals surface area contributed by atoms with Gasteiger partial charge in [0, 0.05) is 18.3 Å². The number of nitrogens with zero attached hydrogens (tertiary/aromatic N) is 2. The predicted octanol–water partition coefficient (Wildman–Crippen LogP) is 2.51. The summed E-state index contributed by atoms with van der Waals surface area (Å²) in [4.78, 5) is 17.5. The van der Waals surface area contributed by atoms with Crippen molar-refractivity contribution in [3.8, 4) is 0 Å². The number of pyridine rings is 1. The third-order valence-corrected chi connectivity index (χ3v) is 2.77. The van der Waals surface area contributed by atoms with Gasteiger partial charge in [0.15, 0.2) is 0 Å². The lowest BCUT2D eigenvalue weighted by molar-refractivity contribution is -0.144. The molecule has 0 saturated heterocycles. The minimum atomic E-state index is -0.203. The average molecular weight is 271 g/mol. The maximum atomic E-state index is 11.5. The zero-order chi connectivity index (χ0) is 13.4. The van der Waals surface area contributed by atoms with E-state index >= 15 is 0 Å². The summed E-state index contributed by atoms with van der Waals surface area (Å²) in [6, 6.07) is 3.76. The Balaban J connectivity index is 2.62. The number of rotatable bonds is 7. The molecular weight excluding hydrogens is 252 g/mol. The molecule has 0 fully saturated rings. The second-order valence-corrected chi connectivity index (χ2v) is 4.33. The molecule has 4 nitrogen and oxygen atoms in total. The number of aromatic nitrogens is 1. The van der Waals surface area contributed by atoms with Crippen LogP contribution in [0, 0.1) is 0 Å². The van der Waals surface area contributed by atoms with Gasteiger partial charge in [-0.25, -0.2) is 4.98 Å². The molecule has 0 atom stereocenters. The first-order chi connectivity index (χ1) is 8.67. The molecule has 0 N–H and O–H groups in total. The second-order valence-electron chi connectivity index (χ2n) is 3.97. The van der Waals surface area contributed by atoms with Gasteiger partial charge in [0.25, 0.3) is 0 Å². The molecule has 0 amide bonds. The molecule has 100 valence electrons. The summed E-state index contributed by atoms with van der Waals surface area (Å²) >= 11 is 6.01. The van der Waals surface area contributed by atoms with Gasteiger partial charge < -0.3 is 4.74 Å². The fourth-order valence-electron chi connectivity index (χ4n) is 1.70. The molecule has 0 aliphatic carbocycles.